The molecular formula is C19H15ClN2O5. The van der Waals surface area contributed by atoms with E-state index in [1.165, 1.54) is 12.1 Å². The number of carbonyl (C=O) groups is 4. The SMILES string of the molecule is Cc1ccc(NC(=O)COC(=O)CN2C(=O)c3ccccc3C2=O)c(Cl)c1. The highest BCUT2D eigenvalue weighted by molar-refractivity contribution is 6.33. The molecule has 0 aromatic heterocycles. The Balaban J connectivity index is 1.54. The van der Waals surface area contributed by atoms with Crippen molar-refractivity contribution in [2.24, 2.45) is 0 Å². The second kappa shape index (κ2) is 7.59. The molecule has 8 heteroatoms. The predicted octanol–water partition coefficient (Wildman–Crippen LogP) is 2.43. The predicted molar refractivity (Wildman–Crippen MR) is 97.6 cm³/mol. The zero-order valence-electron chi connectivity index (χ0n) is 14.3. The fourth-order valence-corrected chi connectivity index (χ4v) is 2.89. The van der Waals surface area contributed by atoms with E-state index in [0.717, 1.165) is 10.5 Å². The van der Waals surface area contributed by atoms with Crippen LogP contribution in [0.15, 0.2) is 42.5 Å². The molecule has 1 heterocycles. The third kappa shape index (κ3) is 3.98. The number of fused-ring (bicyclic) bond motifs is 1. The lowest BCUT2D eigenvalue weighted by atomic mass is 10.1. The van der Waals surface area contributed by atoms with Crippen LogP contribution in [0, 0.1) is 6.92 Å². The third-order valence-electron chi connectivity index (χ3n) is 3.93. The van der Waals surface area contributed by atoms with Crippen LogP contribution in [0.2, 0.25) is 5.02 Å². The van der Waals surface area contributed by atoms with Crippen LogP contribution in [0.1, 0.15) is 26.3 Å². The Kier molecular flexibility index (Phi) is 5.23. The summed E-state index contributed by atoms with van der Waals surface area (Å²) in [5.41, 5.74) is 1.80. The van der Waals surface area contributed by atoms with Crippen LogP contribution in [0.3, 0.4) is 0 Å². The number of nitrogens with zero attached hydrogens (tertiary/aromatic N) is 1. The lowest BCUT2D eigenvalue weighted by molar-refractivity contribution is -0.147. The summed E-state index contributed by atoms with van der Waals surface area (Å²) in [6.45, 7) is 0.732. The minimum atomic E-state index is -0.866. The van der Waals surface area contributed by atoms with Crippen LogP contribution >= 0.6 is 11.6 Å². The highest BCUT2D eigenvalue weighted by atomic mass is 35.5. The maximum Gasteiger partial charge on any atom is 0.326 e. The van der Waals surface area contributed by atoms with Crippen LogP contribution in [0.5, 0.6) is 0 Å². The van der Waals surface area contributed by atoms with Crippen molar-refractivity contribution in [2.75, 3.05) is 18.5 Å². The first kappa shape index (κ1) is 18.6. The van der Waals surface area contributed by atoms with Crippen molar-refractivity contribution in [1.82, 2.24) is 4.90 Å². The summed E-state index contributed by atoms with van der Waals surface area (Å²) in [6.07, 6.45) is 0. The number of carbonyl (C=O) groups excluding carboxylic acids is 4. The largest absolute Gasteiger partial charge is 0.454 e. The summed E-state index contributed by atoms with van der Waals surface area (Å²) >= 11 is 6.02. The van der Waals surface area contributed by atoms with E-state index in [-0.39, 0.29) is 11.1 Å². The lowest BCUT2D eigenvalue weighted by Crippen LogP contribution is -2.36. The van der Waals surface area contributed by atoms with Crippen LogP contribution in [-0.4, -0.2) is 41.7 Å². The monoisotopic (exact) mass is 386 g/mol. The molecular weight excluding hydrogens is 372 g/mol. The molecule has 7 nitrogen and oxygen atoms in total. The highest BCUT2D eigenvalue weighted by Gasteiger charge is 2.36. The van der Waals surface area contributed by atoms with Crippen molar-refractivity contribution >= 4 is 41.0 Å². The Morgan fingerprint density at radius 2 is 1.70 bits per heavy atom. The second-order valence-corrected chi connectivity index (χ2v) is 6.34. The third-order valence-corrected chi connectivity index (χ3v) is 4.24. The molecule has 138 valence electrons. The Bertz CT molecular complexity index is 922. The first-order valence-corrected chi connectivity index (χ1v) is 8.41. The normalized spacial score (nSPS) is 12.7. The van der Waals surface area contributed by atoms with E-state index in [9.17, 15) is 19.2 Å². The molecule has 0 saturated heterocycles. The number of hydrogen-bond donors (Lipinski definition) is 1. The summed E-state index contributed by atoms with van der Waals surface area (Å²) in [4.78, 5) is 49.0. The molecule has 1 aliphatic rings. The van der Waals surface area contributed by atoms with Gasteiger partial charge in [0.2, 0.25) is 0 Å². The summed E-state index contributed by atoms with van der Waals surface area (Å²) in [5, 5.41) is 2.88. The van der Waals surface area contributed by atoms with Gasteiger partial charge in [0.05, 0.1) is 21.8 Å². The molecule has 0 atom stereocenters. The summed E-state index contributed by atoms with van der Waals surface area (Å²) in [7, 11) is 0. The average Bonchev–Trinajstić information content (AvgIpc) is 2.88. The van der Waals surface area contributed by atoms with E-state index in [1.807, 2.05) is 6.92 Å². The van der Waals surface area contributed by atoms with Gasteiger partial charge in [0, 0.05) is 0 Å². The van der Waals surface area contributed by atoms with Crippen LogP contribution in [0.25, 0.3) is 0 Å². The molecule has 0 unspecified atom stereocenters. The van der Waals surface area contributed by atoms with Crippen molar-refractivity contribution in [1.29, 1.82) is 0 Å². The number of halogens is 1. The molecule has 1 aliphatic heterocycles. The van der Waals surface area contributed by atoms with Crippen LogP contribution in [-0.2, 0) is 14.3 Å². The average molecular weight is 387 g/mol. The molecule has 0 fully saturated rings. The second-order valence-electron chi connectivity index (χ2n) is 5.93. The zero-order chi connectivity index (χ0) is 19.6. The lowest BCUT2D eigenvalue weighted by Gasteiger charge is -2.13. The molecule has 2 aromatic carbocycles. The van der Waals surface area contributed by atoms with Gasteiger partial charge in [0.1, 0.15) is 6.54 Å². The maximum absolute atomic E-state index is 12.2. The maximum atomic E-state index is 12.2. The number of hydrogen-bond acceptors (Lipinski definition) is 5. The van der Waals surface area contributed by atoms with Gasteiger partial charge < -0.3 is 10.1 Å². The van der Waals surface area contributed by atoms with Crippen molar-refractivity contribution < 1.29 is 23.9 Å². The Morgan fingerprint density at radius 3 is 2.30 bits per heavy atom. The van der Waals surface area contributed by atoms with Gasteiger partial charge in [-0.1, -0.05) is 29.8 Å². The standard InChI is InChI=1S/C19H15ClN2O5/c1-11-6-7-15(14(20)8-11)21-16(23)10-27-17(24)9-22-18(25)12-4-2-3-5-13(12)19(22)26/h2-8H,9-10H2,1H3,(H,21,23). The van der Waals surface area contributed by atoms with Gasteiger partial charge >= 0.3 is 5.97 Å². The van der Waals surface area contributed by atoms with Gasteiger partial charge in [-0.3, -0.25) is 24.1 Å². The molecule has 0 aliphatic carbocycles. The van der Waals surface area contributed by atoms with E-state index in [0.29, 0.717) is 10.7 Å². The van der Waals surface area contributed by atoms with Gasteiger partial charge in [-0.15, -0.1) is 0 Å². The molecule has 1 N–H and O–H groups in total. The van der Waals surface area contributed by atoms with Crippen molar-refractivity contribution in [3.8, 4) is 0 Å². The molecule has 3 amide bonds. The van der Waals surface area contributed by atoms with Crippen molar-refractivity contribution in [2.45, 2.75) is 6.92 Å². The number of rotatable bonds is 5. The minimum Gasteiger partial charge on any atom is -0.454 e. The molecule has 0 saturated carbocycles. The highest BCUT2D eigenvalue weighted by Crippen LogP contribution is 2.23. The summed E-state index contributed by atoms with van der Waals surface area (Å²) < 4.78 is 4.86. The number of nitrogens with one attached hydrogen (secondary N) is 1. The van der Waals surface area contributed by atoms with E-state index in [2.05, 4.69) is 5.32 Å². The van der Waals surface area contributed by atoms with Crippen molar-refractivity contribution in [3.63, 3.8) is 0 Å². The van der Waals surface area contributed by atoms with E-state index in [4.69, 9.17) is 16.3 Å². The Labute approximate surface area is 159 Å². The quantitative estimate of drug-likeness (QED) is 0.629. The molecule has 0 radical (unpaired) electrons. The van der Waals surface area contributed by atoms with E-state index >= 15 is 0 Å². The number of esters is 1. The fourth-order valence-electron chi connectivity index (χ4n) is 2.61. The van der Waals surface area contributed by atoms with Gasteiger partial charge in [0.25, 0.3) is 17.7 Å². The number of ether oxygens (including phenoxy) is 1. The van der Waals surface area contributed by atoms with Gasteiger partial charge in [0.15, 0.2) is 6.61 Å². The van der Waals surface area contributed by atoms with Crippen LogP contribution in [0.4, 0.5) is 5.69 Å². The molecule has 0 spiro atoms. The summed E-state index contributed by atoms with van der Waals surface area (Å²) in [5.74, 6) is -2.59. The Morgan fingerprint density at radius 1 is 1.07 bits per heavy atom. The smallest absolute Gasteiger partial charge is 0.326 e. The molecule has 2 aromatic rings. The zero-order valence-corrected chi connectivity index (χ0v) is 15.1. The molecule has 27 heavy (non-hydrogen) atoms. The fraction of sp³-hybridized carbons (Fsp3) is 0.158. The van der Waals surface area contributed by atoms with E-state index < -0.39 is 36.8 Å². The van der Waals surface area contributed by atoms with Gasteiger partial charge in [-0.05, 0) is 36.8 Å². The first-order chi connectivity index (χ1) is 12.9. The van der Waals surface area contributed by atoms with Crippen LogP contribution < -0.4 is 5.32 Å². The first-order valence-electron chi connectivity index (χ1n) is 8.03. The molecule has 3 rings (SSSR count). The number of aryl methyl sites for hydroxylation is 1. The number of anilines is 1. The van der Waals surface area contributed by atoms with E-state index in [1.54, 1.807) is 30.3 Å². The number of benzene rings is 2. The number of amides is 3. The van der Waals surface area contributed by atoms with Gasteiger partial charge in [-0.2, -0.15) is 0 Å². The Hall–Kier alpha value is -3.19. The topological polar surface area (TPSA) is 92.8 Å². The van der Waals surface area contributed by atoms with Gasteiger partial charge in [-0.25, -0.2) is 0 Å². The number of imide groups is 1. The molecule has 0 bridgehead atoms. The summed E-state index contributed by atoms with van der Waals surface area (Å²) in [6, 6.07) is 11.4. The minimum absolute atomic E-state index is 0.238. The van der Waals surface area contributed by atoms with Crippen molar-refractivity contribution in [3.05, 3.63) is 64.2 Å².